The summed E-state index contributed by atoms with van der Waals surface area (Å²) in [6.07, 6.45) is 3.33. The van der Waals surface area contributed by atoms with Gasteiger partial charge in [0.15, 0.2) is 0 Å². The van der Waals surface area contributed by atoms with Crippen LogP contribution in [0.4, 0.5) is 5.69 Å². The molecule has 3 rings (SSSR count). The zero-order valence-corrected chi connectivity index (χ0v) is 12.6. The van der Waals surface area contributed by atoms with Crippen molar-refractivity contribution in [3.05, 3.63) is 47.9 Å². The van der Waals surface area contributed by atoms with Gasteiger partial charge in [0.05, 0.1) is 17.7 Å². The molecular weight excluding hydrogens is 288 g/mol. The number of sulfonamides is 1. The van der Waals surface area contributed by atoms with E-state index in [0.29, 0.717) is 17.0 Å². The van der Waals surface area contributed by atoms with E-state index in [1.165, 1.54) is 10.4 Å². The Morgan fingerprint density at radius 2 is 2.10 bits per heavy atom. The lowest BCUT2D eigenvalue weighted by molar-refractivity contribution is 0.356. The molecule has 5 nitrogen and oxygen atoms in total. The van der Waals surface area contributed by atoms with E-state index < -0.39 is 10.0 Å². The van der Waals surface area contributed by atoms with Gasteiger partial charge in [0, 0.05) is 11.7 Å². The molecule has 0 amide bonds. The number of nitrogen functional groups attached to an aromatic ring is 1. The fourth-order valence-electron chi connectivity index (χ4n) is 2.35. The van der Waals surface area contributed by atoms with Gasteiger partial charge in [-0.1, -0.05) is 6.07 Å². The Kier molecular flexibility index (Phi) is 3.51. The first kappa shape index (κ1) is 14.2. The Balaban J connectivity index is 1.99. The van der Waals surface area contributed by atoms with Crippen molar-refractivity contribution >= 4 is 15.7 Å². The summed E-state index contributed by atoms with van der Waals surface area (Å²) in [5.74, 6) is 0.645. The Hall–Kier alpha value is -1.79. The lowest BCUT2D eigenvalue weighted by Gasteiger charge is -2.22. The van der Waals surface area contributed by atoms with Gasteiger partial charge in [0.1, 0.15) is 5.76 Å². The van der Waals surface area contributed by atoms with E-state index >= 15 is 0 Å². The summed E-state index contributed by atoms with van der Waals surface area (Å²) in [6.45, 7) is 2.04. The van der Waals surface area contributed by atoms with Crippen LogP contribution in [0.3, 0.4) is 0 Å². The van der Waals surface area contributed by atoms with Gasteiger partial charge < -0.3 is 10.2 Å². The number of hydrogen-bond acceptors (Lipinski definition) is 4. The van der Waals surface area contributed by atoms with Crippen LogP contribution in [0, 0.1) is 6.92 Å². The minimum absolute atomic E-state index is 0.0564. The molecule has 0 saturated heterocycles. The van der Waals surface area contributed by atoms with Crippen LogP contribution >= 0.6 is 0 Å². The number of nitrogens with zero attached hydrogens (tertiary/aromatic N) is 1. The summed E-state index contributed by atoms with van der Waals surface area (Å²) < 4.78 is 32.7. The second-order valence-electron chi connectivity index (χ2n) is 5.39. The summed E-state index contributed by atoms with van der Waals surface area (Å²) in [4.78, 5) is 0.279. The van der Waals surface area contributed by atoms with Crippen LogP contribution in [-0.2, 0) is 16.6 Å². The molecule has 1 aromatic carbocycles. The van der Waals surface area contributed by atoms with Gasteiger partial charge >= 0.3 is 0 Å². The molecule has 0 aliphatic heterocycles. The highest BCUT2D eigenvalue weighted by molar-refractivity contribution is 7.89. The predicted molar refractivity (Wildman–Crippen MR) is 80.1 cm³/mol. The lowest BCUT2D eigenvalue weighted by atomic mass is 10.2. The molecule has 1 heterocycles. The molecule has 2 N–H and O–H groups in total. The van der Waals surface area contributed by atoms with E-state index in [9.17, 15) is 8.42 Å². The zero-order valence-electron chi connectivity index (χ0n) is 11.8. The maximum Gasteiger partial charge on any atom is 0.244 e. The molecule has 0 spiro atoms. The van der Waals surface area contributed by atoms with Gasteiger partial charge in [-0.3, -0.25) is 0 Å². The lowest BCUT2D eigenvalue weighted by Crippen LogP contribution is -2.33. The fourth-order valence-corrected chi connectivity index (χ4v) is 4.26. The molecule has 2 aromatic rings. The van der Waals surface area contributed by atoms with Crippen LogP contribution in [0.2, 0.25) is 0 Å². The predicted octanol–water partition coefficient (Wildman–Crippen LogP) is 2.52. The van der Waals surface area contributed by atoms with Crippen molar-refractivity contribution in [2.75, 3.05) is 5.73 Å². The van der Waals surface area contributed by atoms with E-state index in [0.717, 1.165) is 12.8 Å². The third kappa shape index (κ3) is 2.82. The second-order valence-corrected chi connectivity index (χ2v) is 7.24. The average molecular weight is 306 g/mol. The SMILES string of the molecule is Cc1ccc(N)cc1S(=O)(=O)N(Cc1ccco1)C1CC1. The molecule has 6 heteroatoms. The van der Waals surface area contributed by atoms with E-state index in [2.05, 4.69) is 0 Å². The Bertz CT molecular complexity index is 734. The van der Waals surface area contributed by atoms with E-state index in [1.807, 2.05) is 0 Å². The molecule has 0 bridgehead atoms. The maximum atomic E-state index is 12.9. The summed E-state index contributed by atoms with van der Waals surface area (Å²) in [6, 6.07) is 8.58. The van der Waals surface area contributed by atoms with Crippen LogP contribution in [0.15, 0.2) is 45.9 Å². The van der Waals surface area contributed by atoms with Gasteiger partial charge in [-0.2, -0.15) is 4.31 Å². The standard InChI is InChI=1S/C15H18N2O3S/c1-11-4-5-12(16)9-15(11)21(18,19)17(13-6-7-13)10-14-3-2-8-20-14/h2-5,8-9,13H,6-7,10,16H2,1H3. The highest BCUT2D eigenvalue weighted by atomic mass is 32.2. The van der Waals surface area contributed by atoms with E-state index in [1.54, 1.807) is 37.5 Å². The molecule has 1 fully saturated rings. The van der Waals surface area contributed by atoms with Crippen LogP contribution in [0.1, 0.15) is 24.2 Å². The third-order valence-corrected chi connectivity index (χ3v) is 5.69. The summed E-state index contributed by atoms with van der Waals surface area (Å²) in [7, 11) is -3.57. The number of aryl methyl sites for hydroxylation is 1. The molecule has 112 valence electrons. The summed E-state index contributed by atoms with van der Waals surface area (Å²) >= 11 is 0. The first-order valence-electron chi connectivity index (χ1n) is 6.89. The topological polar surface area (TPSA) is 76.5 Å². The van der Waals surface area contributed by atoms with Crippen molar-refractivity contribution < 1.29 is 12.8 Å². The van der Waals surface area contributed by atoms with E-state index in [4.69, 9.17) is 10.2 Å². The summed E-state index contributed by atoms with van der Waals surface area (Å²) in [5.41, 5.74) is 6.91. The number of nitrogens with two attached hydrogens (primary N) is 1. The normalized spacial score (nSPS) is 15.5. The molecule has 0 radical (unpaired) electrons. The minimum Gasteiger partial charge on any atom is -0.468 e. The molecular formula is C15H18N2O3S. The highest BCUT2D eigenvalue weighted by Gasteiger charge is 2.39. The zero-order chi connectivity index (χ0) is 15.0. The van der Waals surface area contributed by atoms with Crippen LogP contribution < -0.4 is 5.73 Å². The van der Waals surface area contributed by atoms with E-state index in [-0.39, 0.29) is 17.5 Å². The van der Waals surface area contributed by atoms with Crippen LogP contribution in [-0.4, -0.2) is 18.8 Å². The van der Waals surface area contributed by atoms with Crippen molar-refractivity contribution in [3.63, 3.8) is 0 Å². The number of benzene rings is 1. The second kappa shape index (κ2) is 5.20. The highest BCUT2D eigenvalue weighted by Crippen LogP contribution is 2.34. The average Bonchev–Trinajstić information content (AvgIpc) is 3.14. The van der Waals surface area contributed by atoms with Crippen molar-refractivity contribution in [1.29, 1.82) is 0 Å². The Morgan fingerprint density at radius 1 is 1.33 bits per heavy atom. The number of hydrogen-bond donors (Lipinski definition) is 1. The van der Waals surface area contributed by atoms with Gasteiger partial charge in [-0.15, -0.1) is 0 Å². The first-order valence-corrected chi connectivity index (χ1v) is 8.33. The molecule has 0 unspecified atom stereocenters. The minimum atomic E-state index is -3.57. The number of anilines is 1. The third-order valence-electron chi connectivity index (χ3n) is 3.64. The smallest absolute Gasteiger partial charge is 0.244 e. The molecule has 1 aliphatic rings. The summed E-state index contributed by atoms with van der Waals surface area (Å²) in [5, 5.41) is 0. The van der Waals surface area contributed by atoms with Gasteiger partial charge in [0.25, 0.3) is 0 Å². The monoisotopic (exact) mass is 306 g/mol. The molecule has 1 saturated carbocycles. The molecule has 1 aromatic heterocycles. The van der Waals surface area contributed by atoms with Crippen molar-refractivity contribution in [1.82, 2.24) is 4.31 Å². The van der Waals surface area contributed by atoms with Crippen molar-refractivity contribution in [2.24, 2.45) is 0 Å². The Morgan fingerprint density at radius 3 is 2.71 bits per heavy atom. The quantitative estimate of drug-likeness (QED) is 0.861. The largest absolute Gasteiger partial charge is 0.468 e. The molecule has 0 atom stereocenters. The fraction of sp³-hybridized carbons (Fsp3) is 0.333. The first-order chi connectivity index (χ1) is 9.98. The van der Waals surface area contributed by atoms with Gasteiger partial charge in [-0.25, -0.2) is 8.42 Å². The molecule has 21 heavy (non-hydrogen) atoms. The Labute approximate surface area is 124 Å². The maximum absolute atomic E-state index is 12.9. The van der Waals surface area contributed by atoms with Gasteiger partial charge in [-0.05, 0) is 49.6 Å². The number of furan rings is 1. The molecule has 1 aliphatic carbocycles. The number of rotatable bonds is 5. The van der Waals surface area contributed by atoms with Crippen LogP contribution in [0.25, 0.3) is 0 Å². The van der Waals surface area contributed by atoms with Crippen molar-refractivity contribution in [2.45, 2.75) is 37.2 Å². The van der Waals surface area contributed by atoms with Crippen molar-refractivity contribution in [3.8, 4) is 0 Å². The van der Waals surface area contributed by atoms with Gasteiger partial charge in [0.2, 0.25) is 10.0 Å². The van der Waals surface area contributed by atoms with Crippen LogP contribution in [0.5, 0.6) is 0 Å².